The molecule has 0 radical (unpaired) electrons. The summed E-state index contributed by atoms with van der Waals surface area (Å²) in [6, 6.07) is 12.6. The van der Waals surface area contributed by atoms with E-state index >= 15 is 0 Å². The lowest BCUT2D eigenvalue weighted by Gasteiger charge is -2.28. The fourth-order valence-corrected chi connectivity index (χ4v) is 3.08. The molecule has 2 heterocycles. The molecule has 24 heavy (non-hydrogen) atoms. The van der Waals surface area contributed by atoms with Crippen molar-refractivity contribution in [3.63, 3.8) is 0 Å². The molecule has 0 unspecified atom stereocenters. The van der Waals surface area contributed by atoms with Crippen LogP contribution in [0.2, 0.25) is 0 Å². The fourth-order valence-electron chi connectivity index (χ4n) is 3.08. The van der Waals surface area contributed by atoms with E-state index < -0.39 is 0 Å². The van der Waals surface area contributed by atoms with Gasteiger partial charge in [0.2, 0.25) is 0 Å². The zero-order chi connectivity index (χ0) is 16.8. The van der Waals surface area contributed by atoms with Crippen LogP contribution in [0.3, 0.4) is 0 Å². The highest BCUT2D eigenvalue weighted by Gasteiger charge is 2.13. The molecule has 1 saturated heterocycles. The third kappa shape index (κ3) is 4.16. The van der Waals surface area contributed by atoms with E-state index in [1.54, 1.807) is 0 Å². The lowest BCUT2D eigenvalue weighted by Crippen LogP contribution is -2.43. The first-order valence-corrected chi connectivity index (χ1v) is 8.54. The van der Waals surface area contributed by atoms with Crippen LogP contribution < -0.4 is 10.2 Å². The number of nitrogens with one attached hydrogen (secondary N) is 1. The maximum atomic E-state index is 9.41. The number of nitrogens with zero attached hydrogens (tertiary/aromatic N) is 4. The van der Waals surface area contributed by atoms with Crippen LogP contribution in [0.1, 0.15) is 11.1 Å². The van der Waals surface area contributed by atoms with Gasteiger partial charge in [-0.05, 0) is 35.9 Å². The largest absolute Gasteiger partial charge is 0.373 e. The molecule has 0 spiro atoms. The molecule has 0 aliphatic carbocycles. The number of aromatic nitrogens is 1. The molecule has 126 valence electrons. The van der Waals surface area contributed by atoms with Gasteiger partial charge in [-0.25, -0.2) is 0 Å². The summed E-state index contributed by atoms with van der Waals surface area (Å²) in [7, 11) is 2.11. The topological polar surface area (TPSA) is 47.2 Å². The summed E-state index contributed by atoms with van der Waals surface area (Å²) >= 11 is 0. The molecule has 1 aliphatic rings. The second-order valence-corrected chi connectivity index (χ2v) is 6.32. The minimum atomic E-state index is 0.788. The van der Waals surface area contributed by atoms with E-state index in [-0.39, 0.29) is 0 Å². The van der Waals surface area contributed by atoms with E-state index in [9.17, 15) is 5.26 Å². The van der Waals surface area contributed by atoms with Gasteiger partial charge in [0.05, 0.1) is 11.6 Å². The normalized spacial score (nSPS) is 15.2. The van der Waals surface area contributed by atoms with Crippen molar-refractivity contribution in [2.45, 2.75) is 13.1 Å². The maximum absolute atomic E-state index is 9.41. The number of hydrogen-bond acceptors (Lipinski definition) is 4. The highest BCUT2D eigenvalue weighted by molar-refractivity contribution is 5.53. The smallest absolute Gasteiger partial charge is 0.0995 e. The quantitative estimate of drug-likeness (QED) is 0.882. The summed E-state index contributed by atoms with van der Waals surface area (Å²) in [4.78, 5) is 4.67. The molecule has 1 fully saturated rings. The average Bonchev–Trinajstić information content (AvgIpc) is 3.14. The molecule has 0 saturated carbocycles. The van der Waals surface area contributed by atoms with E-state index in [1.165, 1.54) is 5.69 Å². The first kappa shape index (κ1) is 16.6. The Balaban J connectivity index is 1.69. The van der Waals surface area contributed by atoms with Gasteiger partial charge >= 0.3 is 0 Å². The van der Waals surface area contributed by atoms with E-state index in [0.29, 0.717) is 0 Å². The van der Waals surface area contributed by atoms with Crippen LogP contribution in [0.15, 0.2) is 42.7 Å². The Morgan fingerprint density at radius 2 is 1.96 bits per heavy atom. The minimum absolute atomic E-state index is 0.788. The third-order valence-corrected chi connectivity index (χ3v) is 4.61. The predicted molar refractivity (Wildman–Crippen MR) is 97.0 cm³/mol. The van der Waals surface area contributed by atoms with Crippen LogP contribution >= 0.6 is 0 Å². The lowest BCUT2D eigenvalue weighted by atomic mass is 10.1. The summed E-state index contributed by atoms with van der Waals surface area (Å²) < 4.78 is 2.18. The van der Waals surface area contributed by atoms with Gasteiger partial charge in [0, 0.05) is 70.9 Å². The zero-order valence-electron chi connectivity index (χ0n) is 14.3. The summed E-state index contributed by atoms with van der Waals surface area (Å²) in [5.74, 6) is 0. The Kier molecular flexibility index (Phi) is 5.52. The van der Waals surface area contributed by atoms with Gasteiger partial charge in [-0.2, -0.15) is 5.26 Å². The average molecular weight is 323 g/mol. The molecule has 1 aromatic heterocycles. The molecule has 1 N–H and O–H groups in total. The number of rotatable bonds is 6. The van der Waals surface area contributed by atoms with Crippen molar-refractivity contribution in [3.8, 4) is 6.07 Å². The molecule has 0 amide bonds. The van der Waals surface area contributed by atoms with Crippen LogP contribution in [-0.2, 0) is 13.1 Å². The van der Waals surface area contributed by atoms with Crippen molar-refractivity contribution in [2.75, 3.05) is 44.7 Å². The summed E-state index contributed by atoms with van der Waals surface area (Å²) in [6.45, 7) is 6.88. The van der Waals surface area contributed by atoms with Gasteiger partial charge in [-0.3, -0.25) is 4.90 Å². The SMILES string of the molecule is CN(CCn1cccc1)c1ccc(C#N)c(CN2CCNCC2)c1. The molecular formula is C19H25N5. The van der Waals surface area contributed by atoms with Crippen molar-refractivity contribution in [1.82, 2.24) is 14.8 Å². The number of piperazine rings is 1. The van der Waals surface area contributed by atoms with Crippen LogP contribution in [0.4, 0.5) is 5.69 Å². The number of hydrogen-bond donors (Lipinski definition) is 1. The standard InChI is InChI=1S/C19H25N5/c1-22(12-13-23-8-2-3-9-23)19-5-4-17(15-20)18(14-19)16-24-10-6-21-7-11-24/h2-5,8-9,14,21H,6-7,10-13,16H2,1H3. The van der Waals surface area contributed by atoms with Crippen molar-refractivity contribution in [3.05, 3.63) is 53.9 Å². The minimum Gasteiger partial charge on any atom is -0.373 e. The van der Waals surface area contributed by atoms with E-state index in [1.807, 2.05) is 18.2 Å². The number of likely N-dealkylation sites (N-methyl/N-ethyl adjacent to an activating group) is 1. The molecule has 1 aromatic carbocycles. The van der Waals surface area contributed by atoms with E-state index in [0.717, 1.165) is 56.9 Å². The fraction of sp³-hybridized carbons (Fsp3) is 0.421. The Morgan fingerprint density at radius 3 is 2.67 bits per heavy atom. The monoisotopic (exact) mass is 323 g/mol. The Labute approximate surface area is 144 Å². The Hall–Kier alpha value is -2.29. The van der Waals surface area contributed by atoms with Gasteiger partial charge in [-0.15, -0.1) is 0 Å². The van der Waals surface area contributed by atoms with Gasteiger partial charge in [0.25, 0.3) is 0 Å². The van der Waals surface area contributed by atoms with Gasteiger partial charge in [-0.1, -0.05) is 0 Å². The molecule has 2 aromatic rings. The molecule has 3 rings (SSSR count). The maximum Gasteiger partial charge on any atom is 0.0995 e. The van der Waals surface area contributed by atoms with Gasteiger partial charge in [0.1, 0.15) is 0 Å². The number of benzene rings is 1. The first-order chi connectivity index (χ1) is 11.8. The summed E-state index contributed by atoms with van der Waals surface area (Å²) in [6.07, 6.45) is 4.17. The number of anilines is 1. The van der Waals surface area contributed by atoms with Gasteiger partial charge in [0.15, 0.2) is 0 Å². The van der Waals surface area contributed by atoms with Crippen molar-refractivity contribution >= 4 is 5.69 Å². The number of nitriles is 1. The van der Waals surface area contributed by atoms with Crippen molar-refractivity contribution in [1.29, 1.82) is 5.26 Å². The van der Waals surface area contributed by atoms with Crippen LogP contribution in [-0.4, -0.2) is 49.2 Å². The zero-order valence-corrected chi connectivity index (χ0v) is 14.3. The van der Waals surface area contributed by atoms with E-state index in [4.69, 9.17) is 0 Å². The van der Waals surface area contributed by atoms with Crippen LogP contribution in [0, 0.1) is 11.3 Å². The lowest BCUT2D eigenvalue weighted by molar-refractivity contribution is 0.233. The summed E-state index contributed by atoms with van der Waals surface area (Å²) in [5.41, 5.74) is 3.09. The first-order valence-electron chi connectivity index (χ1n) is 8.54. The molecule has 5 nitrogen and oxygen atoms in total. The second kappa shape index (κ2) is 8.00. The third-order valence-electron chi connectivity index (χ3n) is 4.61. The molecule has 0 bridgehead atoms. The highest BCUT2D eigenvalue weighted by Crippen LogP contribution is 2.20. The molecule has 0 atom stereocenters. The second-order valence-electron chi connectivity index (χ2n) is 6.32. The van der Waals surface area contributed by atoms with Crippen molar-refractivity contribution in [2.24, 2.45) is 0 Å². The van der Waals surface area contributed by atoms with Gasteiger partial charge < -0.3 is 14.8 Å². The predicted octanol–water partition coefficient (Wildman–Crippen LogP) is 1.90. The van der Waals surface area contributed by atoms with Crippen LogP contribution in [0.5, 0.6) is 0 Å². The van der Waals surface area contributed by atoms with Crippen LogP contribution in [0.25, 0.3) is 0 Å². The van der Waals surface area contributed by atoms with E-state index in [2.05, 4.69) is 57.3 Å². The molecule has 1 aliphatic heterocycles. The Bertz CT molecular complexity index is 680. The van der Waals surface area contributed by atoms with Crippen molar-refractivity contribution < 1.29 is 0 Å². The summed E-state index contributed by atoms with van der Waals surface area (Å²) in [5, 5.41) is 12.8. The highest BCUT2D eigenvalue weighted by atomic mass is 15.2. The molecule has 5 heteroatoms. The molecular weight excluding hydrogens is 298 g/mol. The Morgan fingerprint density at radius 1 is 1.21 bits per heavy atom.